The van der Waals surface area contributed by atoms with E-state index in [1.54, 1.807) is 0 Å². The van der Waals surface area contributed by atoms with E-state index in [0.717, 1.165) is 52.9 Å². The number of nitrogens with zero attached hydrogens (tertiary/aromatic N) is 3. The van der Waals surface area contributed by atoms with Crippen molar-refractivity contribution in [2.75, 3.05) is 4.90 Å². The number of pyridine rings is 1. The molecule has 0 spiro atoms. The quantitative estimate of drug-likeness (QED) is 0.166. The fourth-order valence-electron chi connectivity index (χ4n) is 9.07. The SMILES string of the molecule is CC(C)(C)c1cnc2c(c1)c1c3n2B2c4ccc(Oc5ccccc5)cc4N(C4C=CC=CC4)c4cc(Oc5ccccc5)cc(c42)C3=CC(C(C)(C)C)C1. The van der Waals surface area contributed by atoms with Crippen LogP contribution in [0.1, 0.15) is 70.3 Å². The molecule has 2 aliphatic carbocycles. The van der Waals surface area contributed by atoms with Crippen molar-refractivity contribution in [2.24, 2.45) is 11.3 Å². The fraction of sp³-hybridized carbons (Fsp3) is 0.245. The molecule has 0 N–H and O–H groups in total. The summed E-state index contributed by atoms with van der Waals surface area (Å²) in [6.07, 6.45) is 15.5. The lowest BCUT2D eigenvalue weighted by molar-refractivity contribution is 0.290. The fourth-order valence-corrected chi connectivity index (χ4v) is 9.07. The first-order chi connectivity index (χ1) is 26.5. The Hall–Kier alpha value is -5.75. The Morgan fingerprint density at radius 2 is 1.45 bits per heavy atom. The van der Waals surface area contributed by atoms with Gasteiger partial charge in [-0.25, -0.2) is 4.98 Å². The molecule has 0 saturated carbocycles. The van der Waals surface area contributed by atoms with Gasteiger partial charge in [-0.2, -0.15) is 0 Å². The average molecular weight is 720 g/mol. The second-order valence-electron chi connectivity index (χ2n) is 17.6. The van der Waals surface area contributed by atoms with Crippen LogP contribution < -0.4 is 25.3 Å². The number of para-hydroxylation sites is 2. The molecule has 2 atom stereocenters. The van der Waals surface area contributed by atoms with Gasteiger partial charge in [0.2, 0.25) is 0 Å². The molecule has 0 bridgehead atoms. The minimum Gasteiger partial charge on any atom is -0.457 e. The van der Waals surface area contributed by atoms with Crippen LogP contribution in [0.25, 0.3) is 16.6 Å². The van der Waals surface area contributed by atoms with Gasteiger partial charge in [0.15, 0.2) is 0 Å². The zero-order valence-electron chi connectivity index (χ0n) is 32.5. The van der Waals surface area contributed by atoms with Gasteiger partial charge in [0.05, 0.1) is 6.04 Å². The summed E-state index contributed by atoms with van der Waals surface area (Å²) in [5, 5.41) is 1.27. The first kappa shape index (κ1) is 33.8. The summed E-state index contributed by atoms with van der Waals surface area (Å²) >= 11 is 0. The summed E-state index contributed by atoms with van der Waals surface area (Å²) in [4.78, 5) is 7.92. The van der Waals surface area contributed by atoms with Gasteiger partial charge in [-0.3, -0.25) is 0 Å². The van der Waals surface area contributed by atoms with Crippen molar-refractivity contribution in [3.63, 3.8) is 0 Å². The van der Waals surface area contributed by atoms with Crippen molar-refractivity contribution >= 4 is 45.8 Å². The Morgan fingerprint density at radius 1 is 0.745 bits per heavy atom. The van der Waals surface area contributed by atoms with E-state index >= 15 is 0 Å². The molecule has 4 heterocycles. The van der Waals surface area contributed by atoms with Gasteiger partial charge < -0.3 is 18.9 Å². The van der Waals surface area contributed by atoms with Crippen LogP contribution in [0.15, 0.2) is 134 Å². The van der Waals surface area contributed by atoms with Crippen LogP contribution in [0.5, 0.6) is 23.0 Å². The second kappa shape index (κ2) is 12.4. The van der Waals surface area contributed by atoms with Crippen molar-refractivity contribution in [3.8, 4) is 23.0 Å². The Bertz CT molecular complexity index is 2590. The van der Waals surface area contributed by atoms with Crippen LogP contribution in [0.4, 0.5) is 11.4 Å². The minimum absolute atomic E-state index is 0.0258. The number of hydrogen-bond acceptors (Lipinski definition) is 4. The Morgan fingerprint density at radius 3 is 2.13 bits per heavy atom. The van der Waals surface area contributed by atoms with Crippen LogP contribution in [-0.4, -0.2) is 22.4 Å². The molecule has 10 rings (SSSR count). The molecule has 272 valence electrons. The van der Waals surface area contributed by atoms with Gasteiger partial charge in [0.25, 0.3) is 0 Å². The van der Waals surface area contributed by atoms with E-state index in [2.05, 4.69) is 124 Å². The molecule has 2 aliphatic heterocycles. The number of fused-ring (bicyclic) bond motifs is 7. The normalized spacial score (nSPS) is 18.1. The van der Waals surface area contributed by atoms with E-state index in [4.69, 9.17) is 14.5 Å². The van der Waals surface area contributed by atoms with Crippen molar-refractivity contribution < 1.29 is 9.47 Å². The third-order valence-electron chi connectivity index (χ3n) is 12.0. The molecule has 2 aromatic heterocycles. The number of allylic oxidation sites excluding steroid dienone is 3. The summed E-state index contributed by atoms with van der Waals surface area (Å²) in [6.45, 7) is 13.9. The van der Waals surface area contributed by atoms with E-state index < -0.39 is 0 Å². The molecule has 4 aromatic carbocycles. The number of ether oxygens (including phenoxy) is 2. The summed E-state index contributed by atoms with van der Waals surface area (Å²) in [6, 6.07) is 34.0. The van der Waals surface area contributed by atoms with Gasteiger partial charge in [0.1, 0.15) is 28.6 Å². The highest BCUT2D eigenvalue weighted by molar-refractivity contribution is 6.89. The molecule has 0 amide bonds. The molecule has 5 nitrogen and oxygen atoms in total. The average Bonchev–Trinajstić information content (AvgIpc) is 3.50. The largest absolute Gasteiger partial charge is 0.457 e. The number of anilines is 2. The Kier molecular flexibility index (Phi) is 7.61. The van der Waals surface area contributed by atoms with E-state index in [9.17, 15) is 0 Å². The number of hydrogen-bond donors (Lipinski definition) is 0. The van der Waals surface area contributed by atoms with Gasteiger partial charge in [-0.15, -0.1) is 0 Å². The number of aromatic nitrogens is 2. The van der Waals surface area contributed by atoms with E-state index in [1.165, 1.54) is 44.3 Å². The highest BCUT2D eigenvalue weighted by atomic mass is 16.5. The second-order valence-corrected chi connectivity index (χ2v) is 17.6. The first-order valence-corrected chi connectivity index (χ1v) is 19.7. The van der Waals surface area contributed by atoms with Crippen molar-refractivity contribution in [1.82, 2.24) is 9.46 Å². The monoisotopic (exact) mass is 719 g/mol. The van der Waals surface area contributed by atoms with Crippen LogP contribution in [0, 0.1) is 11.3 Å². The zero-order valence-corrected chi connectivity index (χ0v) is 32.5. The van der Waals surface area contributed by atoms with E-state index in [0.29, 0.717) is 5.92 Å². The predicted octanol–water partition coefficient (Wildman–Crippen LogP) is 10.9. The third kappa shape index (κ3) is 5.56. The maximum atomic E-state index is 6.78. The molecular formula is C49H46BN3O2. The van der Waals surface area contributed by atoms with Crippen molar-refractivity contribution in [2.45, 2.75) is 65.8 Å². The van der Waals surface area contributed by atoms with Crippen LogP contribution in [0.2, 0.25) is 0 Å². The molecule has 6 heteroatoms. The Balaban J connectivity index is 1.29. The summed E-state index contributed by atoms with van der Waals surface area (Å²) in [7, 11) is 0. The highest BCUT2D eigenvalue weighted by Gasteiger charge is 2.47. The lowest BCUT2D eigenvalue weighted by atomic mass is 9.44. The summed E-state index contributed by atoms with van der Waals surface area (Å²) < 4.78 is 15.9. The first-order valence-electron chi connectivity index (χ1n) is 19.7. The van der Waals surface area contributed by atoms with Gasteiger partial charge in [0, 0.05) is 46.4 Å². The predicted molar refractivity (Wildman–Crippen MR) is 227 cm³/mol. The molecule has 55 heavy (non-hydrogen) atoms. The minimum atomic E-state index is -0.0986. The number of benzene rings is 4. The van der Waals surface area contributed by atoms with Gasteiger partial charge >= 0.3 is 6.85 Å². The zero-order chi connectivity index (χ0) is 37.6. The number of rotatable bonds is 5. The summed E-state index contributed by atoms with van der Waals surface area (Å²) in [5.74, 6) is 3.62. The molecule has 0 saturated heterocycles. The molecule has 2 unspecified atom stereocenters. The Labute approximate surface area is 324 Å². The lowest BCUT2D eigenvalue weighted by Gasteiger charge is -2.45. The molecular weight excluding hydrogens is 673 g/mol. The van der Waals surface area contributed by atoms with Crippen molar-refractivity contribution in [3.05, 3.63) is 156 Å². The van der Waals surface area contributed by atoms with Crippen LogP contribution >= 0.6 is 0 Å². The van der Waals surface area contributed by atoms with Crippen LogP contribution in [0.3, 0.4) is 0 Å². The van der Waals surface area contributed by atoms with Gasteiger partial charge in [-0.05, 0) is 99.7 Å². The smallest absolute Gasteiger partial charge is 0.334 e. The van der Waals surface area contributed by atoms with E-state index in [1.807, 2.05) is 60.7 Å². The van der Waals surface area contributed by atoms with E-state index in [-0.39, 0.29) is 23.7 Å². The molecule has 0 radical (unpaired) electrons. The van der Waals surface area contributed by atoms with Crippen LogP contribution in [-0.2, 0) is 11.8 Å². The summed E-state index contributed by atoms with van der Waals surface area (Å²) in [5.41, 5.74) is 12.4. The lowest BCUT2D eigenvalue weighted by Crippen LogP contribution is -2.60. The third-order valence-corrected chi connectivity index (χ3v) is 12.0. The maximum Gasteiger partial charge on any atom is 0.334 e. The van der Waals surface area contributed by atoms with Crippen molar-refractivity contribution in [1.29, 1.82) is 0 Å². The topological polar surface area (TPSA) is 39.5 Å². The maximum absolute atomic E-state index is 6.78. The van der Waals surface area contributed by atoms with Gasteiger partial charge in [-0.1, -0.05) is 114 Å². The standard InChI is InChI=1S/C49H46BN3O2/c1-48(2,3)31-24-39-38-27-37(55-35-20-14-9-15-21-35)29-44-45(38)50(53-46(39)40(25-31)41-26-32(49(4,5)6)30-51-47(41)53)42-23-22-36(54-34-18-12-8-13-19-34)28-43(42)52(44)33-16-10-7-11-17-33/h7-16,18-24,26-31,33H,17,25H2,1-6H3. The highest BCUT2D eigenvalue weighted by Crippen LogP contribution is 2.50. The molecule has 4 aliphatic rings. The molecule has 6 aromatic rings. The molecule has 0 fully saturated rings.